The Morgan fingerprint density at radius 3 is 2.65 bits per heavy atom. The first-order valence-corrected chi connectivity index (χ1v) is 6.83. The van der Waals surface area contributed by atoms with Crippen molar-refractivity contribution in [2.75, 3.05) is 18.0 Å². The van der Waals surface area contributed by atoms with Gasteiger partial charge in [-0.3, -0.25) is 9.59 Å². The van der Waals surface area contributed by atoms with Gasteiger partial charge in [0.15, 0.2) is 0 Å². The zero-order chi connectivity index (χ0) is 15.1. The Balaban J connectivity index is 2.76. The molecule has 0 aliphatic carbocycles. The van der Waals surface area contributed by atoms with Crippen molar-refractivity contribution in [3.63, 3.8) is 0 Å². The van der Waals surface area contributed by atoms with Gasteiger partial charge in [0.2, 0.25) is 11.8 Å². The minimum Gasteiger partial charge on any atom is -0.355 e. The second-order valence-electron chi connectivity index (χ2n) is 4.41. The normalized spacial score (nSPS) is 10.2. The Kier molecular flexibility index (Phi) is 6.45. The van der Waals surface area contributed by atoms with E-state index < -0.39 is 5.82 Å². The van der Waals surface area contributed by atoms with E-state index in [0.29, 0.717) is 12.2 Å². The molecule has 4 nitrogen and oxygen atoms in total. The van der Waals surface area contributed by atoms with Crippen molar-refractivity contribution in [2.24, 2.45) is 0 Å². The molecule has 1 aromatic rings. The molecule has 0 aliphatic rings. The second-order valence-corrected chi connectivity index (χ2v) is 4.81. The zero-order valence-corrected chi connectivity index (χ0v) is 12.3. The molecule has 0 fully saturated rings. The predicted octanol–water partition coefficient (Wildman–Crippen LogP) is 2.75. The minimum absolute atomic E-state index is 0.0832. The van der Waals surface area contributed by atoms with Crippen LogP contribution in [-0.4, -0.2) is 24.9 Å². The van der Waals surface area contributed by atoms with Crippen molar-refractivity contribution in [1.29, 1.82) is 0 Å². The summed E-state index contributed by atoms with van der Waals surface area (Å²) in [5.41, 5.74) is 0.398. The summed E-state index contributed by atoms with van der Waals surface area (Å²) in [4.78, 5) is 24.6. The molecule has 2 amide bonds. The quantitative estimate of drug-likeness (QED) is 0.821. The molecule has 1 N–H and O–H groups in total. The van der Waals surface area contributed by atoms with Crippen molar-refractivity contribution in [3.05, 3.63) is 29.0 Å². The van der Waals surface area contributed by atoms with E-state index in [1.165, 1.54) is 30.0 Å². The van der Waals surface area contributed by atoms with E-state index in [0.717, 1.165) is 12.8 Å². The molecule has 0 bridgehead atoms. The lowest BCUT2D eigenvalue weighted by Gasteiger charge is -2.21. The van der Waals surface area contributed by atoms with E-state index in [1.54, 1.807) is 0 Å². The van der Waals surface area contributed by atoms with Gasteiger partial charge >= 0.3 is 0 Å². The van der Waals surface area contributed by atoms with Gasteiger partial charge in [0.1, 0.15) is 12.4 Å². The van der Waals surface area contributed by atoms with Crippen LogP contribution < -0.4 is 10.2 Å². The van der Waals surface area contributed by atoms with Crippen LogP contribution in [0.3, 0.4) is 0 Å². The third kappa shape index (κ3) is 4.81. The number of hydrogen-bond donors (Lipinski definition) is 1. The van der Waals surface area contributed by atoms with Gasteiger partial charge in [-0.15, -0.1) is 0 Å². The topological polar surface area (TPSA) is 49.4 Å². The molecule has 0 aromatic heterocycles. The van der Waals surface area contributed by atoms with Crippen molar-refractivity contribution in [3.8, 4) is 0 Å². The molecule has 0 atom stereocenters. The van der Waals surface area contributed by atoms with Gasteiger partial charge in [-0.05, 0) is 24.6 Å². The summed E-state index contributed by atoms with van der Waals surface area (Å²) < 4.78 is 13.1. The minimum atomic E-state index is -0.564. The van der Waals surface area contributed by atoms with Crippen LogP contribution in [-0.2, 0) is 9.59 Å². The number of nitrogens with zero attached hydrogens (tertiary/aromatic N) is 1. The van der Waals surface area contributed by atoms with E-state index in [4.69, 9.17) is 11.6 Å². The summed E-state index contributed by atoms with van der Waals surface area (Å²) in [7, 11) is 0. The zero-order valence-electron chi connectivity index (χ0n) is 11.6. The lowest BCUT2D eigenvalue weighted by Crippen LogP contribution is -2.40. The van der Waals surface area contributed by atoms with Gasteiger partial charge < -0.3 is 10.2 Å². The van der Waals surface area contributed by atoms with Crippen molar-refractivity contribution in [1.82, 2.24) is 5.32 Å². The Morgan fingerprint density at radius 2 is 2.10 bits per heavy atom. The third-order valence-corrected chi connectivity index (χ3v) is 3.04. The molecular weight excluding hydrogens is 283 g/mol. The highest BCUT2D eigenvalue weighted by molar-refractivity contribution is 6.31. The number of hydrogen-bond acceptors (Lipinski definition) is 2. The summed E-state index contributed by atoms with van der Waals surface area (Å²) in [6, 6.07) is 3.92. The summed E-state index contributed by atoms with van der Waals surface area (Å²) in [5.74, 6) is -1.13. The average molecular weight is 301 g/mol. The van der Waals surface area contributed by atoms with Crippen molar-refractivity contribution >= 4 is 29.1 Å². The van der Waals surface area contributed by atoms with Crippen LogP contribution in [0.1, 0.15) is 26.7 Å². The number of benzene rings is 1. The number of unbranched alkanes of at least 4 members (excludes halogenated alkanes) is 1. The lowest BCUT2D eigenvalue weighted by molar-refractivity contribution is -0.123. The molecule has 0 saturated carbocycles. The number of carbonyl (C=O) groups excluding carboxylic acids is 2. The van der Waals surface area contributed by atoms with Gasteiger partial charge in [0.25, 0.3) is 0 Å². The maximum atomic E-state index is 13.1. The number of nitrogens with one attached hydrogen (secondary N) is 1. The van der Waals surface area contributed by atoms with Gasteiger partial charge in [0.05, 0.1) is 5.02 Å². The highest BCUT2D eigenvalue weighted by Crippen LogP contribution is 2.22. The molecule has 6 heteroatoms. The van der Waals surface area contributed by atoms with Gasteiger partial charge in [-0.1, -0.05) is 24.9 Å². The van der Waals surface area contributed by atoms with Crippen molar-refractivity contribution < 1.29 is 14.0 Å². The number of anilines is 1. The molecule has 1 rings (SSSR count). The Labute approximate surface area is 122 Å². The van der Waals surface area contributed by atoms with Crippen LogP contribution in [0.15, 0.2) is 18.2 Å². The largest absolute Gasteiger partial charge is 0.355 e. The summed E-state index contributed by atoms with van der Waals surface area (Å²) in [6.07, 6.45) is 1.86. The van der Waals surface area contributed by atoms with E-state index in [9.17, 15) is 14.0 Å². The van der Waals surface area contributed by atoms with E-state index in [-0.39, 0.29) is 23.4 Å². The Hall–Kier alpha value is -1.62. The summed E-state index contributed by atoms with van der Waals surface area (Å²) >= 11 is 5.69. The molecule has 110 valence electrons. The first-order valence-electron chi connectivity index (χ1n) is 6.45. The highest BCUT2D eigenvalue weighted by atomic mass is 35.5. The molecule has 20 heavy (non-hydrogen) atoms. The van der Waals surface area contributed by atoms with Crippen molar-refractivity contribution in [2.45, 2.75) is 26.7 Å². The maximum Gasteiger partial charge on any atom is 0.240 e. The van der Waals surface area contributed by atoms with Gasteiger partial charge in [0, 0.05) is 19.2 Å². The summed E-state index contributed by atoms with van der Waals surface area (Å²) in [6.45, 7) is 3.83. The molecule has 1 aromatic carbocycles. The van der Waals surface area contributed by atoms with Crippen LogP contribution in [0.5, 0.6) is 0 Å². The van der Waals surface area contributed by atoms with E-state index >= 15 is 0 Å². The first kappa shape index (κ1) is 16.4. The van der Waals surface area contributed by atoms with Gasteiger partial charge in [-0.2, -0.15) is 0 Å². The second kappa shape index (κ2) is 7.85. The third-order valence-electron chi connectivity index (χ3n) is 2.75. The standard InChI is InChI=1S/C14H18ClFN2O2/c1-3-4-7-17-14(20)9-18(10(2)19)11-5-6-13(16)12(15)8-11/h5-6,8H,3-4,7,9H2,1-2H3,(H,17,20). The van der Waals surface area contributed by atoms with Crippen LogP contribution in [0.2, 0.25) is 5.02 Å². The smallest absolute Gasteiger partial charge is 0.240 e. The molecule has 0 heterocycles. The number of rotatable bonds is 6. The molecule has 0 aliphatic heterocycles. The van der Waals surface area contributed by atoms with E-state index in [2.05, 4.69) is 5.32 Å². The van der Waals surface area contributed by atoms with E-state index in [1.807, 2.05) is 6.92 Å². The molecule has 0 spiro atoms. The Bertz CT molecular complexity index is 494. The Morgan fingerprint density at radius 1 is 1.40 bits per heavy atom. The highest BCUT2D eigenvalue weighted by Gasteiger charge is 2.16. The fraction of sp³-hybridized carbons (Fsp3) is 0.429. The number of carbonyl (C=O) groups is 2. The number of amides is 2. The monoisotopic (exact) mass is 300 g/mol. The average Bonchev–Trinajstić information content (AvgIpc) is 2.39. The predicted molar refractivity (Wildman–Crippen MR) is 77.4 cm³/mol. The number of halogens is 2. The first-order chi connectivity index (χ1) is 9.45. The molecule has 0 saturated heterocycles. The molecule has 0 radical (unpaired) electrons. The fourth-order valence-electron chi connectivity index (χ4n) is 1.64. The van der Waals surface area contributed by atoms with Gasteiger partial charge in [-0.25, -0.2) is 4.39 Å². The SMILES string of the molecule is CCCCNC(=O)CN(C(C)=O)c1ccc(F)c(Cl)c1. The molecule has 0 unspecified atom stereocenters. The summed E-state index contributed by atoms with van der Waals surface area (Å²) in [5, 5.41) is 2.64. The molecular formula is C14H18ClFN2O2. The maximum absolute atomic E-state index is 13.1. The fourth-order valence-corrected chi connectivity index (χ4v) is 1.82. The van der Waals surface area contributed by atoms with Crippen LogP contribution in [0.25, 0.3) is 0 Å². The van der Waals surface area contributed by atoms with Crippen LogP contribution in [0, 0.1) is 5.82 Å². The van der Waals surface area contributed by atoms with Crippen LogP contribution >= 0.6 is 11.6 Å². The van der Waals surface area contributed by atoms with Crippen LogP contribution in [0.4, 0.5) is 10.1 Å². The lowest BCUT2D eigenvalue weighted by atomic mass is 10.2.